The molecule has 0 heterocycles. The molecule has 2 heteroatoms. The molecule has 3 unspecified atom stereocenters. The third-order valence-electron chi connectivity index (χ3n) is 4.13. The van der Waals surface area contributed by atoms with Gasteiger partial charge >= 0.3 is 0 Å². The monoisotopic (exact) mass is 248 g/mol. The van der Waals surface area contributed by atoms with Crippen LogP contribution in [0.3, 0.4) is 0 Å². The van der Waals surface area contributed by atoms with Gasteiger partial charge in [-0.15, -0.1) is 0 Å². The normalized spacial score (nSPS) is 25.7. The second-order valence-corrected chi connectivity index (χ2v) is 5.65. The third-order valence-corrected chi connectivity index (χ3v) is 4.13. The molecule has 1 aliphatic carbocycles. The van der Waals surface area contributed by atoms with Gasteiger partial charge in [0.2, 0.25) is 0 Å². The van der Waals surface area contributed by atoms with Crippen LogP contribution in [0.1, 0.15) is 38.2 Å². The second kappa shape index (κ2) is 6.24. The number of ether oxygens (including phenoxy) is 1. The summed E-state index contributed by atoms with van der Waals surface area (Å²) in [6.07, 6.45) is 5.53. The Hall–Kier alpha value is -1.02. The lowest BCUT2D eigenvalue weighted by Crippen LogP contribution is -2.27. The largest absolute Gasteiger partial charge is 0.497 e. The van der Waals surface area contributed by atoms with Gasteiger partial charge in [-0.05, 0) is 48.8 Å². The smallest absolute Gasteiger partial charge is 0.118 e. The van der Waals surface area contributed by atoms with Gasteiger partial charge < -0.3 is 9.84 Å². The van der Waals surface area contributed by atoms with Crippen molar-refractivity contribution in [1.82, 2.24) is 0 Å². The van der Waals surface area contributed by atoms with Crippen LogP contribution in [-0.4, -0.2) is 18.3 Å². The van der Waals surface area contributed by atoms with Crippen molar-refractivity contribution in [3.63, 3.8) is 0 Å². The van der Waals surface area contributed by atoms with E-state index >= 15 is 0 Å². The summed E-state index contributed by atoms with van der Waals surface area (Å²) in [7, 11) is 1.67. The maximum absolute atomic E-state index is 10.3. The van der Waals surface area contributed by atoms with E-state index in [-0.39, 0.29) is 6.10 Å². The summed E-state index contributed by atoms with van der Waals surface area (Å²) < 4.78 is 5.14. The van der Waals surface area contributed by atoms with Crippen LogP contribution in [0.25, 0.3) is 0 Å². The summed E-state index contributed by atoms with van der Waals surface area (Å²) >= 11 is 0. The van der Waals surface area contributed by atoms with Gasteiger partial charge in [-0.2, -0.15) is 0 Å². The van der Waals surface area contributed by atoms with Gasteiger partial charge in [-0.3, -0.25) is 0 Å². The van der Waals surface area contributed by atoms with Gasteiger partial charge in [-0.25, -0.2) is 0 Å². The molecule has 1 aromatic rings. The summed E-state index contributed by atoms with van der Waals surface area (Å²) in [4.78, 5) is 0. The van der Waals surface area contributed by atoms with E-state index in [1.807, 2.05) is 24.3 Å². The Labute approximate surface area is 110 Å². The molecule has 0 radical (unpaired) electrons. The van der Waals surface area contributed by atoms with Crippen molar-refractivity contribution in [3.8, 4) is 5.75 Å². The fraction of sp³-hybridized carbons (Fsp3) is 0.625. The van der Waals surface area contributed by atoms with Gasteiger partial charge in [0.15, 0.2) is 0 Å². The first-order valence-corrected chi connectivity index (χ1v) is 7.00. The average Bonchev–Trinajstić information content (AvgIpc) is 2.39. The van der Waals surface area contributed by atoms with Crippen LogP contribution in [0.2, 0.25) is 0 Å². The van der Waals surface area contributed by atoms with Crippen LogP contribution >= 0.6 is 0 Å². The molecule has 0 amide bonds. The lowest BCUT2D eigenvalue weighted by atomic mass is 9.78. The maximum Gasteiger partial charge on any atom is 0.118 e. The third kappa shape index (κ3) is 3.49. The van der Waals surface area contributed by atoms with Crippen LogP contribution in [-0.2, 0) is 6.42 Å². The van der Waals surface area contributed by atoms with Gasteiger partial charge in [0, 0.05) is 0 Å². The molecule has 2 nitrogen and oxygen atoms in total. The van der Waals surface area contributed by atoms with Crippen LogP contribution in [0, 0.1) is 11.8 Å². The predicted molar refractivity (Wildman–Crippen MR) is 73.8 cm³/mol. The SMILES string of the molecule is COc1ccc(CC(O)C2CCCC(C)C2)cc1. The van der Waals surface area contributed by atoms with Gasteiger partial charge in [0.1, 0.15) is 5.75 Å². The Morgan fingerprint density at radius 3 is 2.61 bits per heavy atom. The van der Waals surface area contributed by atoms with Crippen LogP contribution < -0.4 is 4.74 Å². The summed E-state index contributed by atoms with van der Waals surface area (Å²) in [6, 6.07) is 8.03. The predicted octanol–water partition coefficient (Wildman–Crippen LogP) is 3.42. The van der Waals surface area contributed by atoms with Gasteiger partial charge in [0.25, 0.3) is 0 Å². The number of rotatable bonds is 4. The molecule has 1 fully saturated rings. The van der Waals surface area contributed by atoms with E-state index in [1.165, 1.54) is 31.2 Å². The van der Waals surface area contributed by atoms with Crippen LogP contribution in [0.15, 0.2) is 24.3 Å². The molecule has 2 rings (SSSR count). The topological polar surface area (TPSA) is 29.5 Å². The molecule has 0 spiro atoms. The highest BCUT2D eigenvalue weighted by molar-refractivity contribution is 5.27. The Bertz CT molecular complexity index is 358. The summed E-state index contributed by atoms with van der Waals surface area (Å²) in [5.41, 5.74) is 1.20. The highest BCUT2D eigenvalue weighted by Gasteiger charge is 2.25. The van der Waals surface area contributed by atoms with E-state index in [1.54, 1.807) is 7.11 Å². The number of aliphatic hydroxyl groups excluding tert-OH is 1. The lowest BCUT2D eigenvalue weighted by Gasteiger charge is -2.30. The molecule has 1 aromatic carbocycles. The minimum absolute atomic E-state index is 0.193. The molecular formula is C16H24O2. The van der Waals surface area contributed by atoms with Crippen molar-refractivity contribution >= 4 is 0 Å². The number of aliphatic hydroxyl groups is 1. The first-order chi connectivity index (χ1) is 8.69. The Morgan fingerprint density at radius 2 is 2.00 bits per heavy atom. The molecule has 0 aromatic heterocycles. The fourth-order valence-electron chi connectivity index (χ4n) is 3.00. The summed E-state index contributed by atoms with van der Waals surface area (Å²) in [5, 5.41) is 10.3. The lowest BCUT2D eigenvalue weighted by molar-refractivity contribution is 0.0720. The molecule has 0 bridgehead atoms. The number of benzene rings is 1. The van der Waals surface area contributed by atoms with Crippen molar-refractivity contribution in [1.29, 1.82) is 0 Å². The highest BCUT2D eigenvalue weighted by Crippen LogP contribution is 2.31. The highest BCUT2D eigenvalue weighted by atomic mass is 16.5. The first kappa shape index (κ1) is 13.4. The molecular weight excluding hydrogens is 224 g/mol. The molecule has 3 atom stereocenters. The van der Waals surface area contributed by atoms with E-state index in [9.17, 15) is 5.11 Å². The van der Waals surface area contributed by atoms with Crippen molar-refractivity contribution < 1.29 is 9.84 Å². The molecule has 0 aliphatic heterocycles. The van der Waals surface area contributed by atoms with Crippen molar-refractivity contribution in [3.05, 3.63) is 29.8 Å². The van der Waals surface area contributed by atoms with Gasteiger partial charge in [0.05, 0.1) is 13.2 Å². The van der Waals surface area contributed by atoms with E-state index in [2.05, 4.69) is 6.92 Å². The van der Waals surface area contributed by atoms with Crippen LogP contribution in [0.4, 0.5) is 0 Å². The molecule has 1 N–H and O–H groups in total. The minimum atomic E-state index is -0.193. The molecule has 100 valence electrons. The van der Waals surface area contributed by atoms with Crippen molar-refractivity contribution in [2.45, 2.75) is 45.1 Å². The zero-order valence-corrected chi connectivity index (χ0v) is 11.4. The fourth-order valence-corrected chi connectivity index (χ4v) is 3.00. The molecule has 1 saturated carbocycles. The zero-order valence-electron chi connectivity index (χ0n) is 11.4. The second-order valence-electron chi connectivity index (χ2n) is 5.65. The number of hydrogen-bond donors (Lipinski definition) is 1. The van der Waals surface area contributed by atoms with Crippen molar-refractivity contribution in [2.24, 2.45) is 11.8 Å². The summed E-state index contributed by atoms with van der Waals surface area (Å²) in [6.45, 7) is 2.30. The van der Waals surface area contributed by atoms with E-state index in [4.69, 9.17) is 4.74 Å². The Balaban J connectivity index is 1.91. The van der Waals surface area contributed by atoms with E-state index in [0.29, 0.717) is 5.92 Å². The molecule has 1 aliphatic rings. The number of hydrogen-bond acceptors (Lipinski definition) is 2. The van der Waals surface area contributed by atoms with Gasteiger partial charge in [-0.1, -0.05) is 31.9 Å². The first-order valence-electron chi connectivity index (χ1n) is 7.00. The summed E-state index contributed by atoms with van der Waals surface area (Å²) in [5.74, 6) is 2.13. The maximum atomic E-state index is 10.3. The zero-order chi connectivity index (χ0) is 13.0. The van der Waals surface area contributed by atoms with Crippen LogP contribution in [0.5, 0.6) is 5.75 Å². The standard InChI is InChI=1S/C16H24O2/c1-12-4-3-5-14(10-12)16(17)11-13-6-8-15(18-2)9-7-13/h6-9,12,14,16-17H,3-5,10-11H2,1-2H3. The average molecular weight is 248 g/mol. The number of methoxy groups -OCH3 is 1. The Kier molecular flexibility index (Phi) is 4.65. The van der Waals surface area contributed by atoms with Crippen molar-refractivity contribution in [2.75, 3.05) is 7.11 Å². The van der Waals surface area contributed by atoms with E-state index in [0.717, 1.165) is 18.1 Å². The molecule has 0 saturated heterocycles. The van der Waals surface area contributed by atoms with E-state index < -0.39 is 0 Å². The minimum Gasteiger partial charge on any atom is -0.497 e. The Morgan fingerprint density at radius 1 is 1.28 bits per heavy atom. The quantitative estimate of drug-likeness (QED) is 0.884. The molecule has 18 heavy (non-hydrogen) atoms.